The summed E-state index contributed by atoms with van der Waals surface area (Å²) in [5, 5.41) is 9.56. The van der Waals surface area contributed by atoms with E-state index in [2.05, 4.69) is 184 Å². The summed E-state index contributed by atoms with van der Waals surface area (Å²) in [4.78, 5) is 27.1. The van der Waals surface area contributed by atoms with Crippen molar-refractivity contribution >= 4 is 122 Å². The van der Waals surface area contributed by atoms with E-state index >= 15 is 0 Å². The zero-order chi connectivity index (χ0) is 50.2. The Labute approximate surface area is 442 Å². The Morgan fingerprint density at radius 3 is 0.829 bits per heavy atom. The van der Waals surface area contributed by atoms with Crippen molar-refractivity contribution in [3.8, 4) is 89.5 Å². The number of hydrogen-bond donors (Lipinski definition) is 0. The smallest absolute Gasteiger partial charge is 0.115 e. The van der Waals surface area contributed by atoms with Crippen molar-refractivity contribution in [2.45, 2.75) is 0 Å². The van der Waals surface area contributed by atoms with Crippen LogP contribution in [0, 0.1) is 0 Å². The number of anilines is 2. The third-order valence-electron chi connectivity index (χ3n) is 16.1. The standard InChI is InChI=1S/C64H38N10S2/c1-73(2)35-19-15-33(16-20-35)47-59-57(45(31-11-7-5-8-12-31)61-63(47)71-75-69-61)65-53-41-27-23-37-40-26-30-44-52-42(28-24-38(50(40)52)39-25-29-43(55(53)67-59)51(41)49(37)39)54-56(44)68-60-48(34-17-21-36(22-18-34)74(3)4)64-62(70-76-72-64)46(58(60)66-54)32-13-9-6-10-14-32/h5-30H,1-4H3. The molecular formula is C64H38N10S2. The number of nitrogens with zero attached hydrogens (tertiary/aromatic N) is 10. The van der Waals surface area contributed by atoms with E-state index in [1.807, 2.05) is 12.1 Å². The fourth-order valence-electron chi connectivity index (χ4n) is 12.6. The molecule has 356 valence electrons. The summed E-state index contributed by atoms with van der Waals surface area (Å²) in [6.45, 7) is 0. The van der Waals surface area contributed by atoms with Gasteiger partial charge in [0.2, 0.25) is 0 Å². The molecule has 0 radical (unpaired) electrons. The van der Waals surface area contributed by atoms with Crippen molar-refractivity contribution in [3.63, 3.8) is 0 Å². The highest BCUT2D eigenvalue weighted by Gasteiger charge is 2.34. The second kappa shape index (κ2) is 15.1. The van der Waals surface area contributed by atoms with Crippen molar-refractivity contribution in [2.24, 2.45) is 0 Å². The van der Waals surface area contributed by atoms with Crippen molar-refractivity contribution in [1.29, 1.82) is 0 Å². The lowest BCUT2D eigenvalue weighted by molar-refractivity contribution is 1.13. The number of rotatable bonds is 6. The van der Waals surface area contributed by atoms with E-state index in [0.29, 0.717) is 0 Å². The van der Waals surface area contributed by atoms with Gasteiger partial charge in [0, 0.05) is 94.8 Å². The third kappa shape index (κ3) is 5.48. The molecule has 0 unspecified atom stereocenters. The molecule has 0 atom stereocenters. The highest BCUT2D eigenvalue weighted by atomic mass is 32.1. The molecule has 0 saturated heterocycles. The third-order valence-corrected chi connectivity index (χ3v) is 17.1. The van der Waals surface area contributed by atoms with E-state index in [-0.39, 0.29) is 0 Å². The Balaban J connectivity index is 0.908. The maximum Gasteiger partial charge on any atom is 0.115 e. The first-order valence-electron chi connectivity index (χ1n) is 25.3. The van der Waals surface area contributed by atoms with Gasteiger partial charge in [0.15, 0.2) is 0 Å². The number of benzene rings is 11. The SMILES string of the molecule is CN(C)c1ccc(-c2c3nsnc3c(-c3ccccc3)c3nc4c(nc23)-c2ccc3c5ccc6c7c(ccc(c8ccc-4c2c83)c75)-c2nc3c(-c4ccc(N(C)C)cc4)c4nsnc4c(-c4ccccc4)c3nc2-6)cc1. The van der Waals surface area contributed by atoms with Crippen molar-refractivity contribution in [2.75, 3.05) is 38.0 Å². The van der Waals surface area contributed by atoms with Gasteiger partial charge in [-0.25, -0.2) is 19.9 Å². The molecular weight excluding hydrogens is 973 g/mol. The largest absolute Gasteiger partial charge is 0.378 e. The summed E-state index contributed by atoms with van der Waals surface area (Å²) in [6, 6.07) is 56.5. The van der Waals surface area contributed by atoms with Crippen LogP contribution < -0.4 is 9.80 Å². The molecule has 4 aromatic heterocycles. The van der Waals surface area contributed by atoms with Gasteiger partial charge in [-0.05, 0) is 78.8 Å². The fraction of sp³-hybridized carbons (Fsp3) is 0.0625. The van der Waals surface area contributed by atoms with Crippen LogP contribution in [0.4, 0.5) is 11.4 Å². The number of fused-ring (bicyclic) bond motifs is 12. The van der Waals surface area contributed by atoms with Gasteiger partial charge < -0.3 is 9.80 Å². The maximum atomic E-state index is 5.73. The van der Waals surface area contributed by atoms with E-state index in [1.54, 1.807) is 0 Å². The quantitative estimate of drug-likeness (QED) is 0.118. The van der Waals surface area contributed by atoms with Crippen LogP contribution in [0.3, 0.4) is 0 Å². The lowest BCUT2D eigenvalue weighted by atomic mass is 9.86. The van der Waals surface area contributed by atoms with Gasteiger partial charge in [0.05, 0.1) is 46.2 Å². The second-order valence-corrected chi connectivity index (χ2v) is 21.5. The van der Waals surface area contributed by atoms with Crippen LogP contribution in [-0.4, -0.2) is 65.6 Å². The Morgan fingerprint density at radius 1 is 0.276 bits per heavy atom. The number of aromatic nitrogens is 8. The Hall–Kier alpha value is -9.36. The fourth-order valence-corrected chi connectivity index (χ4v) is 13.8. The van der Waals surface area contributed by atoms with Gasteiger partial charge in [-0.1, -0.05) is 133 Å². The van der Waals surface area contributed by atoms with Gasteiger partial charge in [-0.15, -0.1) is 0 Å². The molecule has 10 nitrogen and oxygen atoms in total. The summed E-state index contributed by atoms with van der Waals surface area (Å²) in [6.07, 6.45) is 0. The number of hydrogen-bond acceptors (Lipinski definition) is 12. The summed E-state index contributed by atoms with van der Waals surface area (Å²) >= 11 is 2.47. The molecule has 0 aliphatic heterocycles. The molecule has 76 heavy (non-hydrogen) atoms. The van der Waals surface area contributed by atoms with Crippen LogP contribution in [0.2, 0.25) is 0 Å². The molecule has 0 spiro atoms. The summed E-state index contributed by atoms with van der Waals surface area (Å²) in [7, 11) is 8.24. The predicted octanol–water partition coefficient (Wildman–Crippen LogP) is 15.7. The van der Waals surface area contributed by atoms with Crippen LogP contribution >= 0.6 is 23.5 Å². The van der Waals surface area contributed by atoms with E-state index in [0.717, 1.165) is 145 Å². The Kier molecular flexibility index (Phi) is 8.37. The van der Waals surface area contributed by atoms with Gasteiger partial charge in [-0.2, -0.15) is 17.5 Å². The van der Waals surface area contributed by atoms with Crippen LogP contribution in [0.1, 0.15) is 0 Å². The molecule has 2 aliphatic carbocycles. The van der Waals surface area contributed by atoms with Crippen molar-refractivity contribution in [3.05, 3.63) is 158 Å². The summed E-state index contributed by atoms with van der Waals surface area (Å²) < 4.78 is 19.9. The lowest BCUT2D eigenvalue weighted by Crippen LogP contribution is -2.08. The van der Waals surface area contributed by atoms with Crippen LogP contribution in [0.15, 0.2) is 158 Å². The maximum absolute atomic E-state index is 5.73. The Bertz CT molecular complexity index is 4690. The molecule has 11 aromatic carbocycles. The minimum atomic E-state index is 0.813. The van der Waals surface area contributed by atoms with E-state index < -0.39 is 0 Å². The van der Waals surface area contributed by atoms with Gasteiger partial charge in [-0.3, -0.25) is 0 Å². The topological polar surface area (TPSA) is 110 Å². The Morgan fingerprint density at radius 2 is 0.553 bits per heavy atom. The van der Waals surface area contributed by atoms with Crippen LogP contribution in [-0.2, 0) is 0 Å². The molecule has 2 aliphatic rings. The second-order valence-electron chi connectivity index (χ2n) is 20.4. The summed E-state index contributed by atoms with van der Waals surface area (Å²) in [5.41, 5.74) is 24.6. The van der Waals surface area contributed by atoms with Crippen molar-refractivity contribution in [1.82, 2.24) is 37.4 Å². The van der Waals surface area contributed by atoms with Gasteiger partial charge in [0.1, 0.15) is 44.1 Å². The first-order chi connectivity index (χ1) is 37.4. The van der Waals surface area contributed by atoms with Crippen LogP contribution in [0.5, 0.6) is 0 Å². The zero-order valence-electron chi connectivity index (χ0n) is 41.3. The zero-order valence-corrected chi connectivity index (χ0v) is 42.9. The minimum Gasteiger partial charge on any atom is -0.378 e. The molecule has 15 aromatic rings. The molecule has 0 saturated carbocycles. The van der Waals surface area contributed by atoms with E-state index in [1.165, 1.54) is 66.5 Å². The molecule has 17 rings (SSSR count). The first kappa shape index (κ1) is 42.0. The molecule has 0 amide bonds. The normalized spacial score (nSPS) is 12.5. The molecule has 12 heteroatoms. The molecule has 4 heterocycles. The predicted molar refractivity (Wildman–Crippen MR) is 315 cm³/mol. The molecule has 0 fully saturated rings. The summed E-state index contributed by atoms with van der Waals surface area (Å²) in [5.74, 6) is 0. The minimum absolute atomic E-state index is 0.813. The van der Waals surface area contributed by atoms with E-state index in [4.69, 9.17) is 37.4 Å². The molecule has 0 N–H and O–H groups in total. The average Bonchev–Trinajstić information content (AvgIpc) is 4.14. The highest BCUT2D eigenvalue weighted by molar-refractivity contribution is 7.00. The van der Waals surface area contributed by atoms with E-state index in [9.17, 15) is 0 Å². The highest BCUT2D eigenvalue weighted by Crippen LogP contribution is 2.56. The monoisotopic (exact) mass is 1010 g/mol. The van der Waals surface area contributed by atoms with Crippen LogP contribution in [0.25, 0.3) is 177 Å². The van der Waals surface area contributed by atoms with Gasteiger partial charge in [0.25, 0.3) is 0 Å². The average molecular weight is 1010 g/mol. The first-order valence-corrected chi connectivity index (χ1v) is 26.7. The van der Waals surface area contributed by atoms with Gasteiger partial charge >= 0.3 is 0 Å². The molecule has 0 bridgehead atoms. The lowest BCUT2D eigenvalue weighted by Gasteiger charge is -2.16. The van der Waals surface area contributed by atoms with Crippen molar-refractivity contribution < 1.29 is 0 Å².